The molecule has 0 fully saturated rings. The lowest BCUT2D eigenvalue weighted by Crippen LogP contribution is -1.94. The second-order valence-corrected chi connectivity index (χ2v) is 2.20. The first-order valence-electron chi connectivity index (χ1n) is 2.86. The first-order chi connectivity index (χ1) is 4.25. The van der Waals surface area contributed by atoms with Crippen molar-refractivity contribution in [2.75, 3.05) is 0 Å². The summed E-state index contributed by atoms with van der Waals surface area (Å²) in [6.45, 7) is 4.69. The number of hydrogen-bond donors (Lipinski definition) is 0. The van der Waals surface area contributed by atoms with Crippen LogP contribution in [0.4, 0.5) is 0 Å². The lowest BCUT2D eigenvalue weighted by atomic mass is 10.4. The molecule has 0 amide bonds. The molecule has 3 heteroatoms. The lowest BCUT2D eigenvalue weighted by molar-refractivity contribution is 0.659. The average Bonchev–Trinajstić information content (AvgIpc) is 2.15. The van der Waals surface area contributed by atoms with Crippen molar-refractivity contribution in [3.05, 3.63) is 16.9 Å². The van der Waals surface area contributed by atoms with E-state index in [0.717, 1.165) is 12.1 Å². The topological polar surface area (TPSA) is 17.8 Å². The molecule has 0 aromatic carbocycles. The van der Waals surface area contributed by atoms with Crippen molar-refractivity contribution < 1.29 is 0 Å². The summed E-state index contributed by atoms with van der Waals surface area (Å²) in [5.74, 6) is 0. The highest BCUT2D eigenvalue weighted by Gasteiger charge is 2.00. The monoisotopic (exact) mass is 143 g/mol. The highest BCUT2D eigenvalue weighted by molar-refractivity contribution is 6.30. The maximum atomic E-state index is 5.78. The van der Waals surface area contributed by atoms with Gasteiger partial charge in [0.05, 0.1) is 0 Å². The van der Waals surface area contributed by atoms with Gasteiger partial charge in [-0.15, -0.1) is 0 Å². The van der Waals surface area contributed by atoms with E-state index in [1.165, 1.54) is 0 Å². The van der Waals surface area contributed by atoms with E-state index in [2.05, 4.69) is 11.3 Å². The van der Waals surface area contributed by atoms with Gasteiger partial charge in [0.2, 0.25) is 0 Å². The van der Waals surface area contributed by atoms with E-state index < -0.39 is 0 Å². The second-order valence-electron chi connectivity index (χ2n) is 1.84. The number of nitrogens with zero attached hydrogens (tertiary/aromatic N) is 2. The molecule has 1 aromatic heterocycles. The summed E-state index contributed by atoms with van der Waals surface area (Å²) in [5.41, 5.74) is 0.915. The number of aromatic nitrogens is 2. The molecule has 0 aliphatic carbocycles. The van der Waals surface area contributed by atoms with Gasteiger partial charge in [0.15, 0.2) is 0 Å². The minimum Gasteiger partial charge on any atom is -0.253 e. The summed E-state index contributed by atoms with van der Waals surface area (Å²) >= 11 is 5.78. The van der Waals surface area contributed by atoms with Crippen LogP contribution in [0.25, 0.3) is 0 Å². The van der Waals surface area contributed by atoms with Crippen LogP contribution >= 0.6 is 11.6 Å². The van der Waals surface area contributed by atoms with E-state index in [1.54, 1.807) is 4.68 Å². The lowest BCUT2D eigenvalue weighted by Gasteiger charge is -1.94. The van der Waals surface area contributed by atoms with Crippen LogP contribution in [0.15, 0.2) is 0 Å². The number of rotatable bonds is 1. The molecule has 1 rings (SSSR count). The van der Waals surface area contributed by atoms with Crippen LogP contribution in [-0.2, 0) is 6.54 Å². The molecule has 2 nitrogen and oxygen atoms in total. The van der Waals surface area contributed by atoms with Gasteiger partial charge >= 0.3 is 0 Å². The molecule has 0 unspecified atom stereocenters. The molecule has 0 aliphatic heterocycles. The first-order valence-corrected chi connectivity index (χ1v) is 3.24. The van der Waals surface area contributed by atoms with Gasteiger partial charge in [-0.1, -0.05) is 11.6 Å². The van der Waals surface area contributed by atoms with Gasteiger partial charge in [0.1, 0.15) is 11.3 Å². The van der Waals surface area contributed by atoms with Crippen LogP contribution in [0.3, 0.4) is 0 Å². The highest BCUT2D eigenvalue weighted by Crippen LogP contribution is 2.11. The summed E-state index contributed by atoms with van der Waals surface area (Å²) in [6, 6.07) is 0. The molecule has 0 aliphatic rings. The van der Waals surface area contributed by atoms with Crippen LogP contribution in [0.5, 0.6) is 0 Å². The van der Waals surface area contributed by atoms with Crippen LogP contribution < -0.4 is 0 Å². The summed E-state index contributed by atoms with van der Waals surface area (Å²) in [7, 11) is 0. The van der Waals surface area contributed by atoms with Crippen LogP contribution in [0.1, 0.15) is 12.5 Å². The fraction of sp³-hybridized carbons (Fsp3) is 0.500. The van der Waals surface area contributed by atoms with Gasteiger partial charge in [-0.2, -0.15) is 5.10 Å². The van der Waals surface area contributed by atoms with E-state index in [9.17, 15) is 0 Å². The molecule has 9 heavy (non-hydrogen) atoms. The quantitative estimate of drug-likeness (QED) is 0.585. The minimum atomic E-state index is 0.692. The molecule has 1 heterocycles. The zero-order chi connectivity index (χ0) is 6.85. The van der Waals surface area contributed by atoms with Crippen molar-refractivity contribution >= 4 is 11.6 Å². The van der Waals surface area contributed by atoms with Gasteiger partial charge in [0.25, 0.3) is 0 Å². The van der Waals surface area contributed by atoms with Gasteiger partial charge < -0.3 is 0 Å². The Labute approximate surface area is 59.4 Å². The Bertz CT molecular complexity index is 205. The average molecular weight is 144 g/mol. The predicted octanol–water partition coefficient (Wildman–Crippen LogP) is 1.67. The van der Waals surface area contributed by atoms with Crippen molar-refractivity contribution in [1.29, 1.82) is 0 Å². The SMILES string of the molecule is CCn1n[c]c(C)c1Cl. The van der Waals surface area contributed by atoms with Gasteiger partial charge in [-0.3, -0.25) is 4.68 Å². The molecule has 0 saturated carbocycles. The first kappa shape index (κ1) is 6.62. The third kappa shape index (κ3) is 1.08. The molecular weight excluding hydrogens is 136 g/mol. The number of hydrogen-bond acceptors (Lipinski definition) is 1. The second kappa shape index (κ2) is 2.40. The zero-order valence-corrected chi connectivity index (χ0v) is 6.24. The van der Waals surface area contributed by atoms with Gasteiger partial charge in [-0.05, 0) is 13.8 Å². The molecule has 1 radical (unpaired) electrons. The molecular formula is C6H8ClN2. The molecule has 1 aromatic rings. The smallest absolute Gasteiger partial charge is 0.130 e. The minimum absolute atomic E-state index is 0.692. The standard InChI is InChI=1S/C6H8ClN2/c1-3-9-6(7)5(2)4-8-9/h3H2,1-2H3. The Balaban J connectivity index is 3.04. The van der Waals surface area contributed by atoms with Crippen molar-refractivity contribution in [3.8, 4) is 0 Å². The summed E-state index contributed by atoms with van der Waals surface area (Å²) in [4.78, 5) is 0. The van der Waals surface area contributed by atoms with E-state index >= 15 is 0 Å². The Kier molecular flexibility index (Phi) is 1.76. The maximum Gasteiger partial charge on any atom is 0.130 e. The third-order valence-corrected chi connectivity index (χ3v) is 1.65. The summed E-state index contributed by atoms with van der Waals surface area (Å²) < 4.78 is 1.71. The van der Waals surface area contributed by atoms with Crippen LogP contribution in [0.2, 0.25) is 5.15 Å². The fourth-order valence-electron chi connectivity index (χ4n) is 0.628. The fourth-order valence-corrected chi connectivity index (χ4v) is 0.828. The molecule has 0 N–H and O–H groups in total. The largest absolute Gasteiger partial charge is 0.253 e. The summed E-state index contributed by atoms with van der Waals surface area (Å²) in [5, 5.41) is 4.59. The van der Waals surface area contributed by atoms with E-state index in [1.807, 2.05) is 13.8 Å². The molecule has 49 valence electrons. The molecule has 0 spiro atoms. The van der Waals surface area contributed by atoms with Crippen LogP contribution in [0, 0.1) is 13.1 Å². The summed E-state index contributed by atoms with van der Waals surface area (Å²) in [6.07, 6.45) is 2.77. The zero-order valence-electron chi connectivity index (χ0n) is 5.48. The van der Waals surface area contributed by atoms with E-state index in [-0.39, 0.29) is 0 Å². The Morgan fingerprint density at radius 1 is 1.78 bits per heavy atom. The van der Waals surface area contributed by atoms with Crippen molar-refractivity contribution in [3.63, 3.8) is 0 Å². The van der Waals surface area contributed by atoms with Crippen molar-refractivity contribution in [1.82, 2.24) is 9.78 Å². The number of aryl methyl sites for hydroxylation is 2. The van der Waals surface area contributed by atoms with Crippen molar-refractivity contribution in [2.45, 2.75) is 20.4 Å². The highest BCUT2D eigenvalue weighted by atomic mass is 35.5. The maximum absolute atomic E-state index is 5.78. The van der Waals surface area contributed by atoms with Gasteiger partial charge in [-0.25, -0.2) is 0 Å². The number of halogens is 1. The van der Waals surface area contributed by atoms with Gasteiger partial charge in [0, 0.05) is 12.1 Å². The normalized spacial score (nSPS) is 10.1. The van der Waals surface area contributed by atoms with Crippen LogP contribution in [-0.4, -0.2) is 9.78 Å². The molecule has 0 atom stereocenters. The van der Waals surface area contributed by atoms with E-state index in [4.69, 9.17) is 11.6 Å². The predicted molar refractivity (Wildman–Crippen MR) is 36.5 cm³/mol. The molecule has 0 bridgehead atoms. The van der Waals surface area contributed by atoms with Crippen molar-refractivity contribution in [2.24, 2.45) is 0 Å². The Morgan fingerprint density at radius 3 is 2.67 bits per heavy atom. The Hall–Kier alpha value is -0.500. The third-order valence-electron chi connectivity index (χ3n) is 1.17. The Morgan fingerprint density at radius 2 is 2.44 bits per heavy atom. The molecule has 0 saturated heterocycles. The van der Waals surface area contributed by atoms with E-state index in [0.29, 0.717) is 5.15 Å².